The second kappa shape index (κ2) is 7.89. The third-order valence-corrected chi connectivity index (χ3v) is 4.36. The van der Waals surface area contributed by atoms with E-state index < -0.39 is 0 Å². The summed E-state index contributed by atoms with van der Waals surface area (Å²) < 4.78 is 17.0. The molecule has 0 amide bonds. The Labute approximate surface area is 142 Å². The largest absolute Gasteiger partial charge is 0.493 e. The summed E-state index contributed by atoms with van der Waals surface area (Å²) >= 11 is 9.34. The van der Waals surface area contributed by atoms with Crippen LogP contribution in [0.2, 0.25) is 0 Å². The van der Waals surface area contributed by atoms with Crippen LogP contribution in [0.4, 0.5) is 0 Å². The van der Waals surface area contributed by atoms with Crippen molar-refractivity contribution in [2.45, 2.75) is 6.54 Å². The van der Waals surface area contributed by atoms with Crippen LogP contribution >= 0.6 is 24.8 Å². The van der Waals surface area contributed by atoms with E-state index in [9.17, 15) is 0 Å². The molecule has 22 heavy (non-hydrogen) atoms. The summed E-state index contributed by atoms with van der Waals surface area (Å²) in [5.41, 5.74) is 1.09. The summed E-state index contributed by atoms with van der Waals surface area (Å²) in [4.78, 5) is 4.48. The summed E-state index contributed by atoms with van der Waals surface area (Å²) in [7, 11) is 4.89. The topological polar surface area (TPSA) is 34.2 Å². The highest BCUT2D eigenvalue weighted by Gasteiger charge is 2.21. The Balaban J connectivity index is 2.12. The van der Waals surface area contributed by atoms with Crippen molar-refractivity contribution < 1.29 is 14.2 Å². The number of piperazine rings is 1. The molecule has 1 aliphatic rings. The molecule has 0 unspecified atom stereocenters. The first kappa shape index (κ1) is 17.2. The first-order valence-electron chi connectivity index (χ1n) is 7.08. The third-order valence-electron chi connectivity index (χ3n) is 3.82. The molecule has 2 rings (SSSR count). The predicted molar refractivity (Wildman–Crippen MR) is 94.5 cm³/mol. The highest BCUT2D eigenvalue weighted by molar-refractivity contribution is 8.10. The lowest BCUT2D eigenvalue weighted by Crippen LogP contribution is -2.46. The van der Waals surface area contributed by atoms with E-state index in [1.807, 2.05) is 12.1 Å². The molecule has 1 fully saturated rings. The number of ether oxygens (including phenoxy) is 3. The van der Waals surface area contributed by atoms with Crippen LogP contribution in [0.1, 0.15) is 5.56 Å². The Bertz CT molecular complexity index is 532. The minimum absolute atomic E-state index is 0.637. The quantitative estimate of drug-likeness (QED) is 0.652. The average molecular weight is 342 g/mol. The van der Waals surface area contributed by atoms with Crippen molar-refractivity contribution in [2.24, 2.45) is 0 Å². The second-order valence-corrected chi connectivity index (χ2v) is 6.15. The monoisotopic (exact) mass is 342 g/mol. The lowest BCUT2D eigenvalue weighted by Gasteiger charge is -2.35. The fourth-order valence-corrected chi connectivity index (χ4v) is 3.01. The summed E-state index contributed by atoms with van der Waals surface area (Å²) in [6, 6.07) is 3.94. The number of nitrogens with zero attached hydrogens (tertiary/aromatic N) is 2. The second-order valence-electron chi connectivity index (χ2n) is 5.04. The number of methoxy groups -OCH3 is 3. The van der Waals surface area contributed by atoms with Crippen LogP contribution in [-0.2, 0) is 6.54 Å². The van der Waals surface area contributed by atoms with Gasteiger partial charge >= 0.3 is 0 Å². The Hall–Kier alpha value is -1.18. The van der Waals surface area contributed by atoms with Gasteiger partial charge in [0.2, 0.25) is 5.75 Å². The van der Waals surface area contributed by atoms with Gasteiger partial charge in [0.1, 0.15) is 4.32 Å². The summed E-state index contributed by atoms with van der Waals surface area (Å²) in [6.45, 7) is 4.49. The van der Waals surface area contributed by atoms with Gasteiger partial charge in [0.05, 0.1) is 21.3 Å². The van der Waals surface area contributed by atoms with E-state index in [4.69, 9.17) is 26.4 Å². The molecule has 1 aromatic carbocycles. The first-order chi connectivity index (χ1) is 10.6. The summed E-state index contributed by atoms with van der Waals surface area (Å²) in [5.74, 6) is 2.04. The molecule has 5 nitrogen and oxygen atoms in total. The molecule has 7 heteroatoms. The van der Waals surface area contributed by atoms with E-state index in [0.29, 0.717) is 15.8 Å². The zero-order chi connectivity index (χ0) is 16.1. The van der Waals surface area contributed by atoms with Gasteiger partial charge < -0.3 is 19.1 Å². The number of rotatable bonds is 5. The molecule has 0 aromatic heterocycles. The Morgan fingerprint density at radius 3 is 2.18 bits per heavy atom. The summed E-state index contributed by atoms with van der Waals surface area (Å²) in [6.07, 6.45) is 0. The highest BCUT2D eigenvalue weighted by Crippen LogP contribution is 2.40. The fourth-order valence-electron chi connectivity index (χ4n) is 2.63. The highest BCUT2D eigenvalue weighted by atomic mass is 32.1. The van der Waals surface area contributed by atoms with Gasteiger partial charge in [0.25, 0.3) is 0 Å². The van der Waals surface area contributed by atoms with Gasteiger partial charge in [-0.25, -0.2) is 0 Å². The van der Waals surface area contributed by atoms with Gasteiger partial charge in [-0.2, -0.15) is 0 Å². The van der Waals surface area contributed by atoms with Crippen molar-refractivity contribution in [1.82, 2.24) is 9.80 Å². The molecule has 0 atom stereocenters. The lowest BCUT2D eigenvalue weighted by molar-refractivity contribution is 0.177. The molecule has 0 saturated carbocycles. The van der Waals surface area contributed by atoms with Crippen LogP contribution in [0.5, 0.6) is 17.2 Å². The van der Waals surface area contributed by atoms with Crippen LogP contribution in [0.15, 0.2) is 12.1 Å². The summed E-state index contributed by atoms with van der Waals surface area (Å²) in [5, 5.41) is 0. The molecule has 0 radical (unpaired) electrons. The number of thiocarbonyl (C=S) groups is 1. The normalized spacial score (nSPS) is 15.5. The fraction of sp³-hybridized carbons (Fsp3) is 0.533. The molecule has 1 heterocycles. The van der Waals surface area contributed by atoms with E-state index in [1.165, 1.54) is 0 Å². The molecular weight excluding hydrogens is 320 g/mol. The van der Waals surface area contributed by atoms with Crippen LogP contribution in [0, 0.1) is 0 Å². The van der Waals surface area contributed by atoms with Crippen LogP contribution in [-0.4, -0.2) is 61.6 Å². The molecular formula is C15H22N2O3S2. The van der Waals surface area contributed by atoms with Gasteiger partial charge in [0, 0.05) is 38.3 Å². The third kappa shape index (κ3) is 3.77. The van der Waals surface area contributed by atoms with Crippen molar-refractivity contribution in [3.8, 4) is 17.2 Å². The number of hydrogen-bond acceptors (Lipinski definition) is 5. The first-order valence-corrected chi connectivity index (χ1v) is 7.94. The molecule has 0 bridgehead atoms. The zero-order valence-corrected chi connectivity index (χ0v) is 14.9. The van der Waals surface area contributed by atoms with Crippen molar-refractivity contribution in [2.75, 3.05) is 47.5 Å². The van der Waals surface area contributed by atoms with Crippen molar-refractivity contribution in [3.63, 3.8) is 0 Å². The lowest BCUT2D eigenvalue weighted by atomic mass is 10.1. The number of hydrogen-bond donors (Lipinski definition) is 1. The van der Waals surface area contributed by atoms with E-state index in [0.717, 1.165) is 44.0 Å². The van der Waals surface area contributed by atoms with E-state index >= 15 is 0 Å². The zero-order valence-electron chi connectivity index (χ0n) is 13.2. The maximum Gasteiger partial charge on any atom is 0.203 e. The van der Waals surface area contributed by atoms with Gasteiger partial charge in [-0.3, -0.25) is 4.90 Å². The van der Waals surface area contributed by atoms with E-state index in [2.05, 4.69) is 22.4 Å². The molecule has 1 saturated heterocycles. The minimum atomic E-state index is 0.637. The minimum Gasteiger partial charge on any atom is -0.493 e. The molecule has 1 aliphatic heterocycles. The van der Waals surface area contributed by atoms with Crippen molar-refractivity contribution >= 4 is 29.2 Å². The Kier molecular flexibility index (Phi) is 6.16. The van der Waals surface area contributed by atoms with Gasteiger partial charge in [0.15, 0.2) is 11.5 Å². The van der Waals surface area contributed by atoms with Crippen molar-refractivity contribution in [3.05, 3.63) is 17.7 Å². The van der Waals surface area contributed by atoms with E-state index in [1.54, 1.807) is 21.3 Å². The molecule has 0 spiro atoms. The van der Waals surface area contributed by atoms with Gasteiger partial charge in [-0.15, -0.1) is 12.6 Å². The molecule has 0 aliphatic carbocycles. The standard InChI is InChI=1S/C15H22N2O3S2/c1-18-12-5-4-11(13(19-2)14(12)20-3)10-16-6-8-17(9-7-16)15(21)22/h4-5H,6-10H2,1-3H3,(H,21,22). The molecule has 122 valence electrons. The smallest absolute Gasteiger partial charge is 0.203 e. The SMILES string of the molecule is COc1ccc(CN2CCN(C(=S)S)CC2)c(OC)c1OC. The molecule has 1 aromatic rings. The number of benzene rings is 1. The average Bonchev–Trinajstić information content (AvgIpc) is 2.54. The predicted octanol–water partition coefficient (Wildman–Crippen LogP) is 2.04. The van der Waals surface area contributed by atoms with Gasteiger partial charge in [-0.05, 0) is 6.07 Å². The van der Waals surface area contributed by atoms with Gasteiger partial charge in [-0.1, -0.05) is 18.3 Å². The maximum atomic E-state index is 5.54. The van der Waals surface area contributed by atoms with Crippen LogP contribution < -0.4 is 14.2 Å². The van der Waals surface area contributed by atoms with Crippen LogP contribution in [0.3, 0.4) is 0 Å². The van der Waals surface area contributed by atoms with Crippen molar-refractivity contribution in [1.29, 1.82) is 0 Å². The Morgan fingerprint density at radius 1 is 1.05 bits per heavy atom. The van der Waals surface area contributed by atoms with E-state index in [-0.39, 0.29) is 0 Å². The Morgan fingerprint density at radius 2 is 1.68 bits per heavy atom. The maximum absolute atomic E-state index is 5.54. The number of thiol groups is 1. The van der Waals surface area contributed by atoms with Crippen LogP contribution in [0.25, 0.3) is 0 Å². The molecule has 0 N–H and O–H groups in total.